The minimum atomic E-state index is -0.730. The van der Waals surface area contributed by atoms with E-state index in [0.717, 1.165) is 21.9 Å². The Labute approximate surface area is 185 Å². The molecule has 1 N–H and O–H groups in total. The quantitative estimate of drug-likeness (QED) is 0.466. The molecule has 4 rings (SSSR count). The van der Waals surface area contributed by atoms with Gasteiger partial charge in [-0.3, -0.25) is 9.36 Å². The average Bonchev–Trinajstić information content (AvgIpc) is 2.77. The number of ether oxygens (including phenoxy) is 1. The van der Waals surface area contributed by atoms with E-state index >= 15 is 0 Å². The van der Waals surface area contributed by atoms with Gasteiger partial charge in [0.25, 0.3) is 5.56 Å². The van der Waals surface area contributed by atoms with Gasteiger partial charge in [-0.25, -0.2) is 4.98 Å². The first-order valence-corrected chi connectivity index (χ1v) is 10.7. The van der Waals surface area contributed by atoms with Crippen LogP contribution in [0.3, 0.4) is 0 Å². The SMILES string of the molecule is C=C/C(=C\C=C(/C)Cl)Cc1cc2c(=O)n([C@H]3CCOC[C@@H]3O)cnc2c2ccccc12. The monoisotopic (exact) mass is 436 g/mol. The first-order chi connectivity index (χ1) is 15.0. The molecule has 2 heterocycles. The number of aromatic nitrogens is 2. The van der Waals surface area contributed by atoms with Crippen molar-refractivity contribution in [1.29, 1.82) is 0 Å². The summed E-state index contributed by atoms with van der Waals surface area (Å²) < 4.78 is 6.87. The van der Waals surface area contributed by atoms with Crippen LogP contribution in [0.2, 0.25) is 0 Å². The first-order valence-electron chi connectivity index (χ1n) is 10.3. The second kappa shape index (κ2) is 9.18. The van der Waals surface area contributed by atoms with Crippen LogP contribution in [-0.4, -0.2) is 34.0 Å². The molecule has 5 nitrogen and oxygen atoms in total. The Balaban J connectivity index is 1.90. The van der Waals surface area contributed by atoms with E-state index in [-0.39, 0.29) is 18.2 Å². The maximum Gasteiger partial charge on any atom is 0.261 e. The van der Waals surface area contributed by atoms with Crippen LogP contribution in [0.5, 0.6) is 0 Å². The second-order valence-corrected chi connectivity index (χ2v) is 8.40. The molecule has 0 radical (unpaired) electrons. The third-order valence-electron chi connectivity index (χ3n) is 5.71. The minimum Gasteiger partial charge on any atom is -0.389 e. The Morgan fingerprint density at radius 3 is 2.81 bits per heavy atom. The van der Waals surface area contributed by atoms with Crippen LogP contribution in [0.25, 0.3) is 21.7 Å². The molecule has 1 aliphatic heterocycles. The molecule has 0 amide bonds. The third-order valence-corrected chi connectivity index (χ3v) is 5.84. The maximum absolute atomic E-state index is 13.4. The number of hydrogen-bond acceptors (Lipinski definition) is 4. The van der Waals surface area contributed by atoms with Crippen molar-refractivity contribution in [2.75, 3.05) is 13.2 Å². The third kappa shape index (κ3) is 4.35. The van der Waals surface area contributed by atoms with E-state index < -0.39 is 6.10 Å². The molecule has 1 fully saturated rings. The molecule has 0 saturated carbocycles. The molecular weight excluding hydrogens is 412 g/mol. The summed E-state index contributed by atoms with van der Waals surface area (Å²) in [6, 6.07) is 9.55. The van der Waals surface area contributed by atoms with Gasteiger partial charge in [0.2, 0.25) is 0 Å². The molecule has 0 unspecified atom stereocenters. The standard InChI is InChI=1S/C25H25ClN2O3/c1-3-17(9-8-16(2)26)12-18-13-21-24(20-7-5-4-6-19(18)20)27-15-28(25(21)30)22-10-11-31-14-23(22)29/h3-9,13,15,22-23,29H,1,10-12,14H2,2H3/b16-8+,17-9+/t22-,23-/m0/s1. The van der Waals surface area contributed by atoms with Crippen LogP contribution in [-0.2, 0) is 11.2 Å². The zero-order valence-corrected chi connectivity index (χ0v) is 18.2. The number of aliphatic hydroxyl groups is 1. The van der Waals surface area contributed by atoms with Crippen molar-refractivity contribution in [2.45, 2.75) is 31.9 Å². The van der Waals surface area contributed by atoms with E-state index in [9.17, 15) is 9.90 Å². The fourth-order valence-electron chi connectivity index (χ4n) is 4.11. The van der Waals surface area contributed by atoms with Crippen molar-refractivity contribution in [3.8, 4) is 0 Å². The summed E-state index contributed by atoms with van der Waals surface area (Å²) in [5.74, 6) is 0. The van der Waals surface area contributed by atoms with Crippen molar-refractivity contribution >= 4 is 33.3 Å². The zero-order valence-electron chi connectivity index (χ0n) is 17.4. The highest BCUT2D eigenvalue weighted by Gasteiger charge is 2.27. The van der Waals surface area contributed by atoms with Gasteiger partial charge >= 0.3 is 0 Å². The minimum absolute atomic E-state index is 0.149. The molecule has 0 aliphatic carbocycles. The topological polar surface area (TPSA) is 64.3 Å². The van der Waals surface area contributed by atoms with Crippen LogP contribution in [0, 0.1) is 0 Å². The van der Waals surface area contributed by atoms with Gasteiger partial charge in [0.05, 0.1) is 36.0 Å². The molecular formula is C25H25ClN2O3. The fourth-order valence-corrected chi connectivity index (χ4v) is 4.17. The van der Waals surface area contributed by atoms with Crippen molar-refractivity contribution in [1.82, 2.24) is 9.55 Å². The van der Waals surface area contributed by atoms with E-state index in [1.807, 2.05) is 49.4 Å². The molecule has 160 valence electrons. The first kappa shape index (κ1) is 21.5. The highest BCUT2D eigenvalue weighted by molar-refractivity contribution is 6.29. The lowest BCUT2D eigenvalue weighted by Gasteiger charge is -2.29. The van der Waals surface area contributed by atoms with Gasteiger partial charge in [-0.15, -0.1) is 0 Å². The summed E-state index contributed by atoms with van der Waals surface area (Å²) in [4.78, 5) is 18.1. The van der Waals surface area contributed by atoms with Crippen molar-refractivity contribution in [3.63, 3.8) is 0 Å². The van der Waals surface area contributed by atoms with Crippen LogP contribution in [0.15, 0.2) is 76.9 Å². The molecule has 0 spiro atoms. The lowest BCUT2D eigenvalue weighted by Crippen LogP contribution is -2.39. The van der Waals surface area contributed by atoms with Gasteiger partial charge in [-0.2, -0.15) is 0 Å². The largest absolute Gasteiger partial charge is 0.389 e. The summed E-state index contributed by atoms with van der Waals surface area (Å²) in [7, 11) is 0. The van der Waals surface area contributed by atoms with Gasteiger partial charge < -0.3 is 9.84 Å². The fraction of sp³-hybridized carbons (Fsp3) is 0.280. The maximum atomic E-state index is 13.4. The highest BCUT2D eigenvalue weighted by Crippen LogP contribution is 2.29. The Kier molecular flexibility index (Phi) is 6.37. The number of halogens is 1. The highest BCUT2D eigenvalue weighted by atomic mass is 35.5. The van der Waals surface area contributed by atoms with Crippen molar-refractivity contribution in [3.05, 3.63) is 88.0 Å². The molecule has 0 bridgehead atoms. The molecule has 1 aliphatic rings. The second-order valence-electron chi connectivity index (χ2n) is 7.81. The van der Waals surface area contributed by atoms with E-state index in [1.165, 1.54) is 0 Å². The number of hydrogen-bond donors (Lipinski definition) is 1. The smallest absolute Gasteiger partial charge is 0.261 e. The number of rotatable bonds is 5. The number of nitrogens with zero attached hydrogens (tertiary/aromatic N) is 2. The van der Waals surface area contributed by atoms with Crippen molar-refractivity contribution < 1.29 is 9.84 Å². The normalized spacial score (nSPS) is 20.4. The average molecular weight is 437 g/mol. The van der Waals surface area contributed by atoms with Crippen LogP contribution in [0.4, 0.5) is 0 Å². The summed E-state index contributed by atoms with van der Waals surface area (Å²) in [5, 5.41) is 13.6. The summed E-state index contributed by atoms with van der Waals surface area (Å²) in [6.07, 6.45) is 7.58. The van der Waals surface area contributed by atoms with Gasteiger partial charge in [0, 0.05) is 17.0 Å². The van der Waals surface area contributed by atoms with Gasteiger partial charge in [-0.1, -0.05) is 54.6 Å². The Morgan fingerprint density at radius 2 is 2.10 bits per heavy atom. The van der Waals surface area contributed by atoms with Gasteiger partial charge in [0.1, 0.15) is 0 Å². The Morgan fingerprint density at radius 1 is 1.32 bits per heavy atom. The number of aliphatic hydroxyl groups excluding tert-OH is 1. The number of benzene rings is 2. The molecule has 1 saturated heterocycles. The van der Waals surface area contributed by atoms with Crippen molar-refractivity contribution in [2.24, 2.45) is 0 Å². The zero-order chi connectivity index (χ0) is 22.0. The van der Waals surface area contributed by atoms with Gasteiger partial charge in [0.15, 0.2) is 0 Å². The van der Waals surface area contributed by atoms with Gasteiger partial charge in [-0.05, 0) is 48.4 Å². The lowest BCUT2D eigenvalue weighted by atomic mass is 9.95. The predicted octanol–water partition coefficient (Wildman–Crippen LogP) is 4.67. The molecule has 1 aromatic heterocycles. The molecule has 31 heavy (non-hydrogen) atoms. The Hall–Kier alpha value is -2.73. The van der Waals surface area contributed by atoms with E-state index in [0.29, 0.717) is 35.4 Å². The van der Waals surface area contributed by atoms with Crippen LogP contribution >= 0.6 is 11.6 Å². The van der Waals surface area contributed by atoms with E-state index in [2.05, 4.69) is 11.6 Å². The van der Waals surface area contributed by atoms with E-state index in [4.69, 9.17) is 16.3 Å². The van der Waals surface area contributed by atoms with Crippen LogP contribution < -0.4 is 5.56 Å². The number of fused-ring (bicyclic) bond motifs is 3. The lowest BCUT2D eigenvalue weighted by molar-refractivity contribution is -0.0395. The number of allylic oxidation sites excluding steroid dienone is 5. The summed E-state index contributed by atoms with van der Waals surface area (Å²) in [5.41, 5.74) is 2.53. The Bertz CT molecular complexity index is 1250. The van der Waals surface area contributed by atoms with Crippen LogP contribution in [0.1, 0.15) is 24.9 Å². The molecule has 2 atom stereocenters. The predicted molar refractivity (Wildman–Crippen MR) is 126 cm³/mol. The van der Waals surface area contributed by atoms with E-state index in [1.54, 1.807) is 17.0 Å². The molecule has 6 heteroatoms. The summed E-state index contributed by atoms with van der Waals surface area (Å²) >= 11 is 5.98. The molecule has 2 aromatic carbocycles. The molecule has 3 aromatic rings. The summed E-state index contributed by atoms with van der Waals surface area (Å²) in [6.45, 7) is 6.47.